The fraction of sp³-hybridized carbons (Fsp3) is 0.250. The van der Waals surface area contributed by atoms with Crippen LogP contribution in [0, 0.1) is 0 Å². The molecular weight excluding hydrogens is 426 g/mol. The predicted octanol–water partition coefficient (Wildman–Crippen LogP) is 2.73. The molecule has 8 nitrogen and oxygen atoms in total. The second-order valence-electron chi connectivity index (χ2n) is 6.34. The number of hydrogen-bond donors (Lipinski definition) is 1. The van der Waals surface area contributed by atoms with E-state index in [4.69, 9.17) is 4.74 Å². The third-order valence-electron chi connectivity index (χ3n) is 4.30. The van der Waals surface area contributed by atoms with Gasteiger partial charge in [0, 0.05) is 24.7 Å². The summed E-state index contributed by atoms with van der Waals surface area (Å²) in [6.07, 6.45) is -0.110. The molecule has 2 amide bonds. The third-order valence-corrected chi connectivity index (χ3v) is 6.87. The normalized spacial score (nSPS) is 17.9. The lowest BCUT2D eigenvalue weighted by atomic mass is 10.2. The van der Waals surface area contributed by atoms with Gasteiger partial charge in [-0.3, -0.25) is 14.5 Å². The zero-order chi connectivity index (χ0) is 21.7. The molecule has 1 saturated heterocycles. The molecule has 1 atom stereocenters. The quantitative estimate of drug-likeness (QED) is 0.700. The first kappa shape index (κ1) is 21.8. The van der Waals surface area contributed by atoms with Gasteiger partial charge in [-0.05, 0) is 31.2 Å². The summed E-state index contributed by atoms with van der Waals surface area (Å²) < 4.78 is 34.1. The topological polar surface area (TPSA) is 105 Å². The number of thioether (sulfide) groups is 1. The molecule has 158 valence electrons. The van der Waals surface area contributed by atoms with Crippen molar-refractivity contribution in [3.05, 3.63) is 54.6 Å². The molecule has 1 N–H and O–H groups in total. The van der Waals surface area contributed by atoms with Crippen molar-refractivity contribution in [2.24, 2.45) is 4.40 Å². The highest BCUT2D eigenvalue weighted by molar-refractivity contribution is 8.16. The van der Waals surface area contributed by atoms with E-state index in [2.05, 4.69) is 9.71 Å². The van der Waals surface area contributed by atoms with Gasteiger partial charge in [0.05, 0.1) is 12.0 Å². The van der Waals surface area contributed by atoms with E-state index < -0.39 is 15.3 Å². The number of anilines is 1. The largest absolute Gasteiger partial charge is 0.497 e. The minimum Gasteiger partial charge on any atom is -0.497 e. The van der Waals surface area contributed by atoms with Gasteiger partial charge >= 0.3 is 0 Å². The van der Waals surface area contributed by atoms with Crippen molar-refractivity contribution in [1.29, 1.82) is 0 Å². The predicted molar refractivity (Wildman–Crippen MR) is 116 cm³/mol. The van der Waals surface area contributed by atoms with Crippen LogP contribution >= 0.6 is 11.8 Å². The first-order valence-corrected chi connectivity index (χ1v) is 11.5. The molecule has 0 unspecified atom stereocenters. The van der Waals surface area contributed by atoms with Gasteiger partial charge in [-0.15, -0.1) is 4.40 Å². The number of amides is 2. The third kappa shape index (κ3) is 5.00. The minimum absolute atomic E-state index is 0.0424. The van der Waals surface area contributed by atoms with Gasteiger partial charge in [-0.2, -0.15) is 8.42 Å². The summed E-state index contributed by atoms with van der Waals surface area (Å²) in [4.78, 5) is 26.4. The van der Waals surface area contributed by atoms with E-state index in [1.807, 2.05) is 0 Å². The molecule has 3 rings (SSSR count). The van der Waals surface area contributed by atoms with Crippen LogP contribution in [0.2, 0.25) is 0 Å². The lowest BCUT2D eigenvalue weighted by Gasteiger charge is -2.13. The number of rotatable bonds is 7. The summed E-state index contributed by atoms with van der Waals surface area (Å²) in [6.45, 7) is 1.98. The van der Waals surface area contributed by atoms with E-state index in [9.17, 15) is 18.0 Å². The zero-order valence-electron chi connectivity index (χ0n) is 16.4. The first-order valence-electron chi connectivity index (χ1n) is 9.16. The van der Waals surface area contributed by atoms with Gasteiger partial charge in [-0.1, -0.05) is 36.0 Å². The molecule has 1 aliphatic rings. The maximum Gasteiger partial charge on any atom is 0.284 e. The van der Waals surface area contributed by atoms with Gasteiger partial charge < -0.3 is 10.1 Å². The number of carbonyl (C=O) groups is 2. The standard InChI is InChI=1S/C20H21N3O5S2/c1-3-23-19(25)17(13-18(24)21-14-8-7-9-15(12-14)28-2)29-20(23)22-30(26,27)16-10-5-4-6-11-16/h4-12,17H,3,13H2,1-2H3,(H,21,24)/t17-/m0/s1. The maximum absolute atomic E-state index is 12.7. The van der Waals surface area contributed by atoms with E-state index in [0.29, 0.717) is 11.4 Å². The summed E-state index contributed by atoms with van der Waals surface area (Å²) >= 11 is 0.981. The number of methoxy groups -OCH3 is 1. The molecule has 2 aromatic carbocycles. The number of carbonyl (C=O) groups excluding carboxylic acids is 2. The highest BCUT2D eigenvalue weighted by Crippen LogP contribution is 2.31. The molecule has 0 spiro atoms. The zero-order valence-corrected chi connectivity index (χ0v) is 18.1. The van der Waals surface area contributed by atoms with Gasteiger partial charge in [0.15, 0.2) is 5.17 Å². The first-order chi connectivity index (χ1) is 14.3. The van der Waals surface area contributed by atoms with Crippen molar-refractivity contribution >= 4 is 44.5 Å². The van der Waals surface area contributed by atoms with Gasteiger partial charge in [0.2, 0.25) is 11.8 Å². The summed E-state index contributed by atoms with van der Waals surface area (Å²) in [7, 11) is -2.43. The van der Waals surface area contributed by atoms with E-state index in [0.717, 1.165) is 11.8 Å². The van der Waals surface area contributed by atoms with Crippen molar-refractivity contribution < 1.29 is 22.7 Å². The van der Waals surface area contributed by atoms with Crippen molar-refractivity contribution in [2.45, 2.75) is 23.5 Å². The number of ether oxygens (including phenoxy) is 1. The second-order valence-corrected chi connectivity index (χ2v) is 9.11. The number of amidine groups is 1. The number of nitrogens with zero attached hydrogens (tertiary/aromatic N) is 2. The number of nitrogens with one attached hydrogen (secondary N) is 1. The molecule has 0 saturated carbocycles. The molecule has 30 heavy (non-hydrogen) atoms. The lowest BCUT2D eigenvalue weighted by molar-refractivity contribution is -0.128. The van der Waals surface area contributed by atoms with E-state index in [1.165, 1.54) is 24.1 Å². The molecular formula is C20H21N3O5S2. The fourth-order valence-corrected chi connectivity index (χ4v) is 5.27. The van der Waals surface area contributed by atoms with E-state index in [-0.39, 0.29) is 34.8 Å². The van der Waals surface area contributed by atoms with Crippen LogP contribution in [-0.4, -0.2) is 49.2 Å². The molecule has 1 heterocycles. The van der Waals surface area contributed by atoms with E-state index >= 15 is 0 Å². The number of sulfonamides is 1. The van der Waals surface area contributed by atoms with Crippen LogP contribution in [0.4, 0.5) is 5.69 Å². The van der Waals surface area contributed by atoms with Gasteiger partial charge in [-0.25, -0.2) is 0 Å². The Bertz CT molecular complexity index is 1070. The number of hydrogen-bond acceptors (Lipinski definition) is 6. The van der Waals surface area contributed by atoms with Crippen LogP contribution in [0.5, 0.6) is 5.75 Å². The Kier molecular flexibility index (Phi) is 6.78. The Hall–Kier alpha value is -2.85. The Labute approximate surface area is 179 Å². The molecule has 1 aliphatic heterocycles. The fourth-order valence-electron chi connectivity index (χ4n) is 2.83. The van der Waals surface area contributed by atoms with Crippen LogP contribution in [0.3, 0.4) is 0 Å². The van der Waals surface area contributed by atoms with Crippen LogP contribution in [0.1, 0.15) is 13.3 Å². The highest BCUT2D eigenvalue weighted by Gasteiger charge is 2.39. The Morgan fingerprint density at radius 2 is 1.93 bits per heavy atom. The summed E-state index contributed by atoms with van der Waals surface area (Å²) in [5.41, 5.74) is 0.544. The Morgan fingerprint density at radius 3 is 2.60 bits per heavy atom. The molecule has 0 radical (unpaired) electrons. The van der Waals surface area contributed by atoms with Gasteiger partial charge in [0.1, 0.15) is 11.0 Å². The van der Waals surface area contributed by atoms with Crippen molar-refractivity contribution in [2.75, 3.05) is 19.0 Å². The molecule has 0 aromatic heterocycles. The summed E-state index contributed by atoms with van der Waals surface area (Å²) in [5, 5.41) is 2.05. The SMILES string of the molecule is CCN1C(=O)[C@H](CC(=O)Nc2cccc(OC)c2)SC1=NS(=O)(=O)c1ccccc1. The summed E-state index contributed by atoms with van der Waals surface area (Å²) in [6, 6.07) is 14.7. The van der Waals surface area contributed by atoms with Crippen LogP contribution in [0.15, 0.2) is 63.9 Å². The van der Waals surface area contributed by atoms with Gasteiger partial charge in [0.25, 0.3) is 10.0 Å². The maximum atomic E-state index is 12.7. The molecule has 1 fully saturated rings. The Balaban J connectivity index is 1.74. The molecule has 0 aliphatic carbocycles. The van der Waals surface area contributed by atoms with Crippen molar-refractivity contribution in [1.82, 2.24) is 4.90 Å². The van der Waals surface area contributed by atoms with Crippen LogP contribution in [-0.2, 0) is 19.6 Å². The molecule has 0 bridgehead atoms. The minimum atomic E-state index is -3.96. The average molecular weight is 448 g/mol. The second kappa shape index (κ2) is 9.31. The van der Waals surface area contributed by atoms with Crippen LogP contribution in [0.25, 0.3) is 0 Å². The Morgan fingerprint density at radius 1 is 1.20 bits per heavy atom. The van der Waals surface area contributed by atoms with Crippen molar-refractivity contribution in [3.63, 3.8) is 0 Å². The van der Waals surface area contributed by atoms with Crippen molar-refractivity contribution in [3.8, 4) is 5.75 Å². The smallest absolute Gasteiger partial charge is 0.284 e. The molecule has 10 heteroatoms. The lowest BCUT2D eigenvalue weighted by Crippen LogP contribution is -2.33. The molecule has 2 aromatic rings. The average Bonchev–Trinajstić information content (AvgIpc) is 3.01. The monoisotopic (exact) mass is 447 g/mol. The highest BCUT2D eigenvalue weighted by atomic mass is 32.2. The summed E-state index contributed by atoms with van der Waals surface area (Å²) in [5.74, 6) is -0.112. The van der Waals surface area contributed by atoms with E-state index in [1.54, 1.807) is 49.4 Å². The number of benzene rings is 2. The van der Waals surface area contributed by atoms with Crippen LogP contribution < -0.4 is 10.1 Å².